The molecule has 1 amide bonds. The summed E-state index contributed by atoms with van der Waals surface area (Å²) in [6.07, 6.45) is 0. The van der Waals surface area contributed by atoms with Gasteiger partial charge in [-0.15, -0.1) is 11.3 Å². The number of rotatable bonds is 2. The van der Waals surface area contributed by atoms with Gasteiger partial charge >= 0.3 is 0 Å². The Hall–Kier alpha value is -2.02. The Labute approximate surface area is 113 Å². The molecule has 100 valence electrons. The van der Waals surface area contributed by atoms with Gasteiger partial charge in [-0.05, 0) is 26.3 Å². The standard InChI is InChI=1S/C12H14N4O2S/c1-5-6(2)15-16(4)12(18)8(5)11-14-7(3)9(19-11)10(13)17/h1-4H3,(H2,13,17). The molecule has 7 heteroatoms. The highest BCUT2D eigenvalue weighted by Gasteiger charge is 2.19. The van der Waals surface area contributed by atoms with Crippen LogP contribution in [0.25, 0.3) is 10.6 Å². The van der Waals surface area contributed by atoms with E-state index in [1.165, 1.54) is 4.68 Å². The molecule has 19 heavy (non-hydrogen) atoms. The predicted octanol–water partition coefficient (Wildman–Crippen LogP) is 0.928. The molecule has 2 aromatic rings. The van der Waals surface area contributed by atoms with E-state index < -0.39 is 5.91 Å². The number of thiazole rings is 1. The molecular formula is C12H14N4O2S. The van der Waals surface area contributed by atoms with Crippen LogP contribution in [0.1, 0.15) is 26.6 Å². The fourth-order valence-electron chi connectivity index (χ4n) is 1.83. The number of aryl methyl sites for hydroxylation is 3. The first-order valence-corrected chi connectivity index (χ1v) is 6.46. The van der Waals surface area contributed by atoms with Crippen LogP contribution in [0.4, 0.5) is 0 Å². The van der Waals surface area contributed by atoms with E-state index in [0.717, 1.165) is 22.6 Å². The van der Waals surface area contributed by atoms with Crippen LogP contribution in [0.2, 0.25) is 0 Å². The van der Waals surface area contributed by atoms with Crippen LogP contribution in [-0.2, 0) is 7.05 Å². The number of carbonyl (C=O) groups excluding carboxylic acids is 1. The molecule has 0 aliphatic rings. The molecule has 0 unspecified atom stereocenters. The highest BCUT2D eigenvalue weighted by atomic mass is 32.1. The van der Waals surface area contributed by atoms with E-state index in [1.54, 1.807) is 14.0 Å². The molecule has 0 fully saturated rings. The third kappa shape index (κ3) is 2.17. The van der Waals surface area contributed by atoms with E-state index in [1.807, 2.05) is 13.8 Å². The highest BCUT2D eigenvalue weighted by molar-refractivity contribution is 7.17. The number of carbonyl (C=O) groups is 1. The Balaban J connectivity index is 2.76. The maximum atomic E-state index is 12.2. The second-order valence-electron chi connectivity index (χ2n) is 4.31. The number of nitrogens with zero attached hydrogens (tertiary/aromatic N) is 3. The Morgan fingerprint density at radius 3 is 2.42 bits per heavy atom. The summed E-state index contributed by atoms with van der Waals surface area (Å²) in [5.74, 6) is -0.526. The minimum Gasteiger partial charge on any atom is -0.365 e. The Morgan fingerprint density at radius 2 is 1.89 bits per heavy atom. The Kier molecular flexibility index (Phi) is 3.23. The van der Waals surface area contributed by atoms with Gasteiger partial charge in [0.25, 0.3) is 11.5 Å². The largest absolute Gasteiger partial charge is 0.365 e. The molecule has 2 rings (SSSR count). The molecule has 0 aliphatic heterocycles. The van der Waals surface area contributed by atoms with Gasteiger partial charge in [0.05, 0.1) is 17.0 Å². The van der Waals surface area contributed by atoms with E-state index in [4.69, 9.17) is 5.73 Å². The highest BCUT2D eigenvalue weighted by Crippen LogP contribution is 2.28. The van der Waals surface area contributed by atoms with Crippen molar-refractivity contribution in [1.82, 2.24) is 14.8 Å². The van der Waals surface area contributed by atoms with Crippen molar-refractivity contribution in [3.63, 3.8) is 0 Å². The maximum absolute atomic E-state index is 12.2. The van der Waals surface area contributed by atoms with Crippen molar-refractivity contribution in [2.75, 3.05) is 0 Å². The molecule has 2 heterocycles. The van der Waals surface area contributed by atoms with Gasteiger partial charge in [0.15, 0.2) is 0 Å². The second kappa shape index (κ2) is 4.58. The first-order valence-electron chi connectivity index (χ1n) is 5.65. The summed E-state index contributed by atoms with van der Waals surface area (Å²) in [5.41, 5.74) is 7.60. The molecule has 0 saturated heterocycles. The van der Waals surface area contributed by atoms with Gasteiger partial charge in [-0.3, -0.25) is 9.59 Å². The van der Waals surface area contributed by atoms with E-state index in [2.05, 4.69) is 10.1 Å². The van der Waals surface area contributed by atoms with Crippen LogP contribution < -0.4 is 11.3 Å². The summed E-state index contributed by atoms with van der Waals surface area (Å²) < 4.78 is 1.28. The average molecular weight is 278 g/mol. The van der Waals surface area contributed by atoms with Gasteiger partial charge in [0.1, 0.15) is 9.88 Å². The van der Waals surface area contributed by atoms with Crippen molar-refractivity contribution < 1.29 is 4.79 Å². The van der Waals surface area contributed by atoms with Crippen molar-refractivity contribution in [2.24, 2.45) is 12.8 Å². The van der Waals surface area contributed by atoms with Crippen molar-refractivity contribution in [2.45, 2.75) is 20.8 Å². The second-order valence-corrected chi connectivity index (χ2v) is 5.31. The minimum absolute atomic E-state index is 0.229. The summed E-state index contributed by atoms with van der Waals surface area (Å²) in [6.45, 7) is 5.35. The van der Waals surface area contributed by atoms with Crippen molar-refractivity contribution in [3.05, 3.63) is 32.2 Å². The molecule has 0 aromatic carbocycles. The van der Waals surface area contributed by atoms with Crippen LogP contribution >= 0.6 is 11.3 Å². The van der Waals surface area contributed by atoms with Gasteiger partial charge in [-0.1, -0.05) is 0 Å². The number of aromatic nitrogens is 3. The zero-order chi connectivity index (χ0) is 14.3. The first kappa shape index (κ1) is 13.4. The molecule has 0 bridgehead atoms. The zero-order valence-electron chi connectivity index (χ0n) is 11.1. The number of amides is 1. The quantitative estimate of drug-likeness (QED) is 0.884. The SMILES string of the molecule is Cc1nc(-c2c(C)c(C)nn(C)c2=O)sc1C(N)=O. The summed E-state index contributed by atoms with van der Waals surface area (Å²) >= 11 is 1.14. The smallest absolute Gasteiger partial charge is 0.277 e. The topological polar surface area (TPSA) is 90.9 Å². The van der Waals surface area contributed by atoms with Crippen LogP contribution in [0, 0.1) is 20.8 Å². The molecule has 0 atom stereocenters. The zero-order valence-corrected chi connectivity index (χ0v) is 12.0. The van der Waals surface area contributed by atoms with E-state index in [0.29, 0.717) is 21.1 Å². The Morgan fingerprint density at radius 1 is 1.26 bits per heavy atom. The van der Waals surface area contributed by atoms with Gasteiger partial charge in [-0.25, -0.2) is 9.67 Å². The fraction of sp³-hybridized carbons (Fsp3) is 0.333. The lowest BCUT2D eigenvalue weighted by Crippen LogP contribution is -2.23. The minimum atomic E-state index is -0.526. The monoisotopic (exact) mass is 278 g/mol. The Bertz CT molecular complexity index is 730. The predicted molar refractivity (Wildman–Crippen MR) is 73.3 cm³/mol. The van der Waals surface area contributed by atoms with Crippen LogP contribution in [0.15, 0.2) is 4.79 Å². The third-order valence-corrected chi connectivity index (χ3v) is 4.15. The molecule has 6 nitrogen and oxygen atoms in total. The number of hydrogen-bond acceptors (Lipinski definition) is 5. The molecule has 0 spiro atoms. The molecule has 0 saturated carbocycles. The maximum Gasteiger partial charge on any atom is 0.277 e. The van der Waals surface area contributed by atoms with E-state index in [-0.39, 0.29) is 5.56 Å². The number of hydrogen-bond donors (Lipinski definition) is 1. The summed E-state index contributed by atoms with van der Waals surface area (Å²) in [7, 11) is 1.59. The van der Waals surface area contributed by atoms with E-state index >= 15 is 0 Å². The van der Waals surface area contributed by atoms with Gasteiger partial charge < -0.3 is 5.73 Å². The summed E-state index contributed by atoms with van der Waals surface area (Å²) in [6, 6.07) is 0. The normalized spacial score (nSPS) is 10.7. The van der Waals surface area contributed by atoms with E-state index in [9.17, 15) is 9.59 Å². The molecule has 0 radical (unpaired) electrons. The average Bonchev–Trinajstić information content (AvgIpc) is 2.69. The van der Waals surface area contributed by atoms with Crippen molar-refractivity contribution >= 4 is 17.2 Å². The fourth-order valence-corrected chi connectivity index (χ4v) is 2.84. The lowest BCUT2D eigenvalue weighted by atomic mass is 10.1. The van der Waals surface area contributed by atoms with Crippen LogP contribution in [0.5, 0.6) is 0 Å². The van der Waals surface area contributed by atoms with Gasteiger partial charge in [0, 0.05) is 7.05 Å². The van der Waals surface area contributed by atoms with Crippen LogP contribution in [-0.4, -0.2) is 20.7 Å². The van der Waals surface area contributed by atoms with Crippen LogP contribution in [0.3, 0.4) is 0 Å². The van der Waals surface area contributed by atoms with Crippen molar-refractivity contribution in [1.29, 1.82) is 0 Å². The van der Waals surface area contributed by atoms with Gasteiger partial charge in [-0.2, -0.15) is 5.10 Å². The number of nitrogens with two attached hydrogens (primary N) is 1. The first-order chi connectivity index (χ1) is 8.82. The summed E-state index contributed by atoms with van der Waals surface area (Å²) in [4.78, 5) is 28.1. The molecular weight excluding hydrogens is 264 g/mol. The van der Waals surface area contributed by atoms with Crippen molar-refractivity contribution in [3.8, 4) is 10.6 Å². The molecule has 2 aromatic heterocycles. The lowest BCUT2D eigenvalue weighted by molar-refractivity contribution is 0.100. The third-order valence-electron chi connectivity index (χ3n) is 2.96. The lowest BCUT2D eigenvalue weighted by Gasteiger charge is -2.07. The molecule has 0 aliphatic carbocycles. The van der Waals surface area contributed by atoms with Gasteiger partial charge in [0.2, 0.25) is 0 Å². The molecule has 2 N–H and O–H groups in total. The number of primary amides is 1. The summed E-state index contributed by atoms with van der Waals surface area (Å²) in [5, 5.41) is 4.62.